The molecule has 1 aromatic carbocycles. The van der Waals surface area contributed by atoms with Gasteiger partial charge in [-0.3, -0.25) is 4.90 Å². The van der Waals surface area contributed by atoms with Gasteiger partial charge in [-0.25, -0.2) is 0 Å². The lowest BCUT2D eigenvalue weighted by molar-refractivity contribution is 0.146. The summed E-state index contributed by atoms with van der Waals surface area (Å²) in [6, 6.07) is 7.56. The van der Waals surface area contributed by atoms with Gasteiger partial charge in [0.2, 0.25) is 0 Å². The van der Waals surface area contributed by atoms with Crippen molar-refractivity contribution < 1.29 is 5.11 Å². The van der Waals surface area contributed by atoms with Gasteiger partial charge in [-0.05, 0) is 44.5 Å². The molecule has 1 heterocycles. The van der Waals surface area contributed by atoms with Gasteiger partial charge >= 0.3 is 0 Å². The van der Waals surface area contributed by atoms with Gasteiger partial charge in [0.05, 0.1) is 0 Å². The SMILES string of the molecule is CNC1(C)CCN(Cc2cccc(O)c2)CC1. The van der Waals surface area contributed by atoms with Crippen molar-refractivity contribution in [2.75, 3.05) is 20.1 Å². The van der Waals surface area contributed by atoms with E-state index in [1.807, 2.05) is 19.2 Å². The van der Waals surface area contributed by atoms with E-state index in [0.29, 0.717) is 11.3 Å². The van der Waals surface area contributed by atoms with E-state index in [1.165, 1.54) is 18.4 Å². The predicted molar refractivity (Wildman–Crippen MR) is 70.1 cm³/mol. The van der Waals surface area contributed by atoms with Crippen LogP contribution < -0.4 is 5.32 Å². The third-order valence-corrected chi connectivity index (χ3v) is 3.88. The molecule has 0 bridgehead atoms. The second-order valence-electron chi connectivity index (χ2n) is 5.26. The molecule has 1 fully saturated rings. The number of piperidine rings is 1. The summed E-state index contributed by atoms with van der Waals surface area (Å²) < 4.78 is 0. The molecule has 17 heavy (non-hydrogen) atoms. The van der Waals surface area contributed by atoms with Gasteiger partial charge < -0.3 is 10.4 Å². The fourth-order valence-electron chi connectivity index (χ4n) is 2.37. The second-order valence-corrected chi connectivity index (χ2v) is 5.26. The summed E-state index contributed by atoms with van der Waals surface area (Å²) in [5, 5.41) is 12.8. The van der Waals surface area contributed by atoms with Crippen molar-refractivity contribution in [1.29, 1.82) is 0 Å². The fraction of sp³-hybridized carbons (Fsp3) is 0.571. The Kier molecular flexibility index (Phi) is 3.69. The predicted octanol–water partition coefficient (Wildman–Crippen LogP) is 1.97. The first kappa shape index (κ1) is 12.4. The highest BCUT2D eigenvalue weighted by molar-refractivity contribution is 5.27. The molecular formula is C14H22N2O. The van der Waals surface area contributed by atoms with Crippen LogP contribution in [0.4, 0.5) is 0 Å². The van der Waals surface area contributed by atoms with Crippen molar-refractivity contribution in [3.8, 4) is 5.75 Å². The van der Waals surface area contributed by atoms with Gasteiger partial charge in [-0.1, -0.05) is 12.1 Å². The van der Waals surface area contributed by atoms with Crippen molar-refractivity contribution in [2.24, 2.45) is 0 Å². The number of rotatable bonds is 3. The van der Waals surface area contributed by atoms with E-state index in [1.54, 1.807) is 6.07 Å². The maximum absolute atomic E-state index is 9.44. The summed E-state index contributed by atoms with van der Waals surface area (Å²) in [7, 11) is 2.05. The van der Waals surface area contributed by atoms with Crippen LogP contribution in [0.2, 0.25) is 0 Å². The smallest absolute Gasteiger partial charge is 0.115 e. The number of phenols is 1. The highest BCUT2D eigenvalue weighted by Gasteiger charge is 2.27. The quantitative estimate of drug-likeness (QED) is 0.839. The molecule has 0 unspecified atom stereocenters. The summed E-state index contributed by atoms with van der Waals surface area (Å²) in [6.45, 7) is 5.47. The molecule has 0 aliphatic carbocycles. The minimum atomic E-state index is 0.301. The first-order chi connectivity index (χ1) is 8.11. The fourth-order valence-corrected chi connectivity index (χ4v) is 2.37. The number of hydrogen-bond acceptors (Lipinski definition) is 3. The Morgan fingerprint density at radius 3 is 2.65 bits per heavy atom. The van der Waals surface area contributed by atoms with Gasteiger partial charge in [0.1, 0.15) is 5.75 Å². The topological polar surface area (TPSA) is 35.5 Å². The van der Waals surface area contributed by atoms with Crippen molar-refractivity contribution in [2.45, 2.75) is 31.8 Å². The minimum absolute atomic E-state index is 0.301. The highest BCUT2D eigenvalue weighted by Crippen LogP contribution is 2.23. The lowest BCUT2D eigenvalue weighted by Crippen LogP contribution is -2.49. The van der Waals surface area contributed by atoms with Crippen molar-refractivity contribution in [3.05, 3.63) is 29.8 Å². The first-order valence-electron chi connectivity index (χ1n) is 6.30. The van der Waals surface area contributed by atoms with E-state index < -0.39 is 0 Å². The van der Waals surface area contributed by atoms with Crippen LogP contribution in [0, 0.1) is 0 Å². The number of nitrogens with one attached hydrogen (secondary N) is 1. The third-order valence-electron chi connectivity index (χ3n) is 3.88. The molecule has 1 aromatic rings. The lowest BCUT2D eigenvalue weighted by atomic mass is 9.90. The maximum Gasteiger partial charge on any atom is 0.115 e. The molecule has 0 radical (unpaired) electrons. The number of nitrogens with zero attached hydrogens (tertiary/aromatic N) is 1. The van der Waals surface area contributed by atoms with Crippen LogP contribution in [0.1, 0.15) is 25.3 Å². The number of phenolic OH excluding ortho intramolecular Hbond substituents is 1. The van der Waals surface area contributed by atoms with Crippen LogP contribution in [0.5, 0.6) is 5.75 Å². The van der Waals surface area contributed by atoms with E-state index in [4.69, 9.17) is 0 Å². The van der Waals surface area contributed by atoms with Crippen molar-refractivity contribution in [3.63, 3.8) is 0 Å². The van der Waals surface area contributed by atoms with Gasteiger partial charge in [0, 0.05) is 25.2 Å². The Hall–Kier alpha value is -1.06. The van der Waals surface area contributed by atoms with Gasteiger partial charge in [-0.15, -0.1) is 0 Å². The van der Waals surface area contributed by atoms with Gasteiger partial charge in [0.15, 0.2) is 0 Å². The summed E-state index contributed by atoms with van der Waals surface area (Å²) >= 11 is 0. The van der Waals surface area contributed by atoms with E-state index in [2.05, 4.69) is 23.2 Å². The molecule has 1 aliphatic rings. The molecule has 0 aromatic heterocycles. The zero-order valence-electron chi connectivity index (χ0n) is 10.7. The maximum atomic E-state index is 9.44. The first-order valence-corrected chi connectivity index (χ1v) is 6.30. The normalized spacial score (nSPS) is 20.4. The molecule has 1 aliphatic heterocycles. The molecule has 2 N–H and O–H groups in total. The second kappa shape index (κ2) is 5.07. The molecular weight excluding hydrogens is 212 g/mol. The zero-order valence-corrected chi connectivity index (χ0v) is 10.7. The third kappa shape index (κ3) is 3.20. The van der Waals surface area contributed by atoms with Crippen molar-refractivity contribution >= 4 is 0 Å². The standard InChI is InChI=1S/C14H22N2O/c1-14(15-2)6-8-16(9-7-14)11-12-4-3-5-13(17)10-12/h3-5,10,15,17H,6-9,11H2,1-2H3. The summed E-state index contributed by atoms with van der Waals surface area (Å²) in [6.07, 6.45) is 2.37. The van der Waals surface area contributed by atoms with Gasteiger partial charge in [0.25, 0.3) is 0 Å². The summed E-state index contributed by atoms with van der Waals surface area (Å²) in [5.41, 5.74) is 1.49. The van der Waals surface area contributed by atoms with E-state index >= 15 is 0 Å². The van der Waals surface area contributed by atoms with Crippen molar-refractivity contribution in [1.82, 2.24) is 10.2 Å². The number of likely N-dealkylation sites (tertiary alicyclic amines) is 1. The Morgan fingerprint density at radius 2 is 2.06 bits per heavy atom. The monoisotopic (exact) mass is 234 g/mol. The Morgan fingerprint density at radius 1 is 1.35 bits per heavy atom. The van der Waals surface area contributed by atoms with Gasteiger partial charge in [-0.2, -0.15) is 0 Å². The lowest BCUT2D eigenvalue weighted by Gasteiger charge is -2.39. The zero-order chi connectivity index (χ0) is 12.3. The molecule has 0 spiro atoms. The number of benzene rings is 1. The average Bonchev–Trinajstić information content (AvgIpc) is 2.33. The summed E-state index contributed by atoms with van der Waals surface area (Å²) in [5.74, 6) is 0.361. The number of aromatic hydroxyl groups is 1. The Labute approximate surface area is 103 Å². The molecule has 3 nitrogen and oxygen atoms in total. The van der Waals surface area contributed by atoms with Crippen LogP contribution in [0.3, 0.4) is 0 Å². The number of hydrogen-bond donors (Lipinski definition) is 2. The molecule has 0 amide bonds. The van der Waals surface area contributed by atoms with E-state index in [0.717, 1.165) is 19.6 Å². The van der Waals surface area contributed by atoms with E-state index in [-0.39, 0.29) is 0 Å². The minimum Gasteiger partial charge on any atom is -0.508 e. The molecule has 2 rings (SSSR count). The average molecular weight is 234 g/mol. The Bertz CT molecular complexity index is 370. The summed E-state index contributed by atoms with van der Waals surface area (Å²) in [4.78, 5) is 2.45. The van der Waals surface area contributed by atoms with Crippen LogP contribution >= 0.6 is 0 Å². The van der Waals surface area contributed by atoms with Crippen LogP contribution in [-0.2, 0) is 6.54 Å². The highest BCUT2D eigenvalue weighted by atomic mass is 16.3. The van der Waals surface area contributed by atoms with E-state index in [9.17, 15) is 5.11 Å². The molecule has 94 valence electrons. The molecule has 1 saturated heterocycles. The largest absolute Gasteiger partial charge is 0.508 e. The molecule has 0 atom stereocenters. The molecule has 0 saturated carbocycles. The Balaban J connectivity index is 1.90. The van der Waals surface area contributed by atoms with Crippen LogP contribution in [-0.4, -0.2) is 35.7 Å². The van der Waals surface area contributed by atoms with Crippen LogP contribution in [0.25, 0.3) is 0 Å². The van der Waals surface area contributed by atoms with Crippen LogP contribution in [0.15, 0.2) is 24.3 Å². The molecule has 3 heteroatoms.